The number of carbonyl (C=O) groups is 1. The molecule has 4 heterocycles. The molecule has 2 fully saturated rings. The van der Waals surface area contributed by atoms with E-state index >= 15 is 0 Å². The predicted octanol–water partition coefficient (Wildman–Crippen LogP) is 4.82. The zero-order chi connectivity index (χ0) is 23.4. The number of amides is 1. The van der Waals surface area contributed by atoms with Gasteiger partial charge in [-0.3, -0.25) is 4.40 Å². The van der Waals surface area contributed by atoms with Crippen LogP contribution in [0, 0.1) is 0 Å². The fourth-order valence-electron chi connectivity index (χ4n) is 4.23. The number of ether oxygens (including phenoxy) is 1. The van der Waals surface area contributed by atoms with Crippen LogP contribution in [0.15, 0.2) is 42.7 Å². The summed E-state index contributed by atoms with van der Waals surface area (Å²) < 4.78 is 22.2. The summed E-state index contributed by atoms with van der Waals surface area (Å²) >= 11 is 0. The minimum atomic E-state index is -1.21. The lowest BCUT2D eigenvalue weighted by Gasteiger charge is -2.24. The maximum Gasteiger partial charge on any atom is 0.410 e. The minimum Gasteiger partial charge on any atom is -0.444 e. The van der Waals surface area contributed by atoms with Crippen molar-refractivity contribution in [2.45, 2.75) is 63.8 Å². The number of rotatable bonds is 4. The van der Waals surface area contributed by atoms with E-state index in [0.29, 0.717) is 5.82 Å². The second kappa shape index (κ2) is 7.71. The highest BCUT2D eigenvalue weighted by Gasteiger charge is 2.39. The number of anilines is 1. The number of aromatic nitrogens is 3. The van der Waals surface area contributed by atoms with Crippen LogP contribution in [0.5, 0.6) is 0 Å². The molecule has 1 N–H and O–H groups in total. The van der Waals surface area contributed by atoms with Crippen molar-refractivity contribution in [1.29, 1.82) is 0 Å². The zero-order valence-electron chi connectivity index (χ0n) is 19.5. The van der Waals surface area contributed by atoms with Crippen molar-refractivity contribution < 1.29 is 13.9 Å². The number of likely N-dealkylation sites (tertiary alicyclic amines) is 1. The second-order valence-electron chi connectivity index (χ2n) is 10.4. The number of halogens is 1. The molecule has 0 bridgehead atoms. The highest BCUT2D eigenvalue weighted by atomic mass is 19.1. The van der Waals surface area contributed by atoms with Crippen LogP contribution >= 0.6 is 0 Å². The standard InChI is InChI=1S/C25H30FN5O2/c1-24(2,3)33-23(32)30-14-17(26)19(15-30)29-21-7-5-6-18(28-21)20-12-27-22-9-8-16(13-31(20)22)25(4)10-11-25/h5-9,12-13,17,19H,10-11,14-15H2,1-4H3,(H,28,29)/t17-,19-/m0/s1. The number of hydrogen-bond acceptors (Lipinski definition) is 5. The van der Waals surface area contributed by atoms with Gasteiger partial charge in [0, 0.05) is 12.7 Å². The number of pyridine rings is 2. The fourth-order valence-corrected chi connectivity index (χ4v) is 4.23. The van der Waals surface area contributed by atoms with Crippen molar-refractivity contribution in [3.63, 3.8) is 0 Å². The van der Waals surface area contributed by atoms with Gasteiger partial charge in [0.15, 0.2) is 0 Å². The molecule has 7 nitrogen and oxygen atoms in total. The molecule has 174 valence electrons. The number of nitrogens with zero attached hydrogens (tertiary/aromatic N) is 4. The van der Waals surface area contributed by atoms with E-state index in [1.807, 2.05) is 30.5 Å². The summed E-state index contributed by atoms with van der Waals surface area (Å²) in [6.45, 7) is 7.90. The lowest BCUT2D eigenvalue weighted by atomic mass is 10.0. The lowest BCUT2D eigenvalue weighted by Crippen LogP contribution is -2.36. The first kappa shape index (κ1) is 21.7. The molecule has 0 spiro atoms. The molecule has 0 radical (unpaired) electrons. The number of alkyl halides is 1. The Kier molecular flexibility index (Phi) is 5.06. The van der Waals surface area contributed by atoms with Crippen LogP contribution in [0.1, 0.15) is 46.1 Å². The van der Waals surface area contributed by atoms with Crippen molar-refractivity contribution in [2.24, 2.45) is 0 Å². The number of hydrogen-bond donors (Lipinski definition) is 1. The topological polar surface area (TPSA) is 71.8 Å². The van der Waals surface area contributed by atoms with Crippen molar-refractivity contribution in [3.05, 3.63) is 48.3 Å². The van der Waals surface area contributed by atoms with Crippen LogP contribution in [-0.4, -0.2) is 56.3 Å². The van der Waals surface area contributed by atoms with E-state index in [1.165, 1.54) is 23.3 Å². The summed E-state index contributed by atoms with van der Waals surface area (Å²) in [7, 11) is 0. The SMILES string of the molecule is CC(C)(C)OC(=O)N1C[C@H](Nc2cccc(-c3cnc4ccc(C5(C)CC5)cn34)n2)[C@@H](F)C1. The first-order valence-corrected chi connectivity index (χ1v) is 11.4. The highest BCUT2D eigenvalue weighted by molar-refractivity contribution is 5.69. The van der Waals surface area contributed by atoms with Crippen molar-refractivity contribution in [3.8, 4) is 11.4 Å². The summed E-state index contributed by atoms with van der Waals surface area (Å²) in [4.78, 5) is 23.0. The summed E-state index contributed by atoms with van der Waals surface area (Å²) in [6, 6.07) is 9.28. The highest BCUT2D eigenvalue weighted by Crippen LogP contribution is 2.47. The van der Waals surface area contributed by atoms with Crippen molar-refractivity contribution in [1.82, 2.24) is 19.3 Å². The van der Waals surface area contributed by atoms with Gasteiger partial charge in [-0.05, 0) is 62.8 Å². The van der Waals surface area contributed by atoms with E-state index in [9.17, 15) is 9.18 Å². The second-order valence-corrected chi connectivity index (χ2v) is 10.4. The van der Waals surface area contributed by atoms with E-state index < -0.39 is 23.9 Å². The van der Waals surface area contributed by atoms with Crippen LogP contribution in [0.25, 0.3) is 17.0 Å². The third kappa shape index (κ3) is 4.38. The molecule has 1 aliphatic heterocycles. The van der Waals surface area contributed by atoms with Gasteiger partial charge in [-0.1, -0.05) is 19.1 Å². The Morgan fingerprint density at radius 2 is 2.00 bits per heavy atom. The molecule has 3 aromatic rings. The molecule has 1 saturated carbocycles. The zero-order valence-corrected chi connectivity index (χ0v) is 19.5. The van der Waals surface area contributed by atoms with Gasteiger partial charge in [-0.25, -0.2) is 19.2 Å². The van der Waals surface area contributed by atoms with E-state index in [2.05, 4.69) is 33.9 Å². The van der Waals surface area contributed by atoms with Gasteiger partial charge in [0.1, 0.15) is 23.2 Å². The number of imidazole rings is 1. The summed E-state index contributed by atoms with van der Waals surface area (Å²) in [6.07, 6.45) is 4.67. The predicted molar refractivity (Wildman–Crippen MR) is 125 cm³/mol. The molecule has 1 saturated heterocycles. The summed E-state index contributed by atoms with van der Waals surface area (Å²) in [5, 5.41) is 3.17. The third-order valence-corrected chi connectivity index (χ3v) is 6.45. The van der Waals surface area contributed by atoms with Crippen LogP contribution in [0.4, 0.5) is 15.0 Å². The van der Waals surface area contributed by atoms with Crippen LogP contribution in [0.3, 0.4) is 0 Å². The molecule has 1 amide bonds. The first-order valence-electron chi connectivity index (χ1n) is 11.4. The minimum absolute atomic E-state index is 0.00107. The normalized spacial score (nSPS) is 21.9. The molecule has 0 aromatic carbocycles. The Labute approximate surface area is 193 Å². The van der Waals surface area contributed by atoms with Gasteiger partial charge in [0.05, 0.1) is 30.2 Å². The fraction of sp³-hybridized carbons (Fsp3) is 0.480. The molecule has 33 heavy (non-hydrogen) atoms. The Hall–Kier alpha value is -3.16. The number of carbonyl (C=O) groups excluding carboxylic acids is 1. The molecule has 1 aliphatic carbocycles. The molecule has 5 rings (SSSR count). The number of nitrogens with one attached hydrogen (secondary N) is 1. The van der Waals surface area contributed by atoms with Gasteiger partial charge in [0.25, 0.3) is 0 Å². The van der Waals surface area contributed by atoms with E-state index in [0.717, 1.165) is 17.0 Å². The molecule has 0 unspecified atom stereocenters. The van der Waals surface area contributed by atoms with Crippen LogP contribution < -0.4 is 5.32 Å². The quantitative estimate of drug-likeness (QED) is 0.616. The molecule has 2 aliphatic rings. The van der Waals surface area contributed by atoms with Gasteiger partial charge in [-0.15, -0.1) is 0 Å². The van der Waals surface area contributed by atoms with Crippen molar-refractivity contribution in [2.75, 3.05) is 18.4 Å². The maximum atomic E-state index is 14.7. The first-order chi connectivity index (χ1) is 15.6. The number of fused-ring (bicyclic) bond motifs is 1. The molecular formula is C25H30FN5O2. The molecular weight excluding hydrogens is 421 g/mol. The van der Waals surface area contributed by atoms with E-state index in [4.69, 9.17) is 9.72 Å². The van der Waals surface area contributed by atoms with Gasteiger partial charge in [-0.2, -0.15) is 0 Å². The summed E-state index contributed by atoms with van der Waals surface area (Å²) in [5.41, 5.74) is 3.45. The molecule has 8 heteroatoms. The van der Waals surface area contributed by atoms with E-state index in [1.54, 1.807) is 20.8 Å². The van der Waals surface area contributed by atoms with Gasteiger partial charge < -0.3 is 15.0 Å². The van der Waals surface area contributed by atoms with Crippen molar-refractivity contribution >= 4 is 17.6 Å². The van der Waals surface area contributed by atoms with Crippen LogP contribution in [0.2, 0.25) is 0 Å². The maximum absolute atomic E-state index is 14.7. The van der Waals surface area contributed by atoms with Crippen LogP contribution in [-0.2, 0) is 10.2 Å². The average molecular weight is 452 g/mol. The average Bonchev–Trinajstić information content (AvgIpc) is 3.20. The largest absolute Gasteiger partial charge is 0.444 e. The Balaban J connectivity index is 1.35. The Morgan fingerprint density at radius 3 is 2.73 bits per heavy atom. The van der Waals surface area contributed by atoms with Gasteiger partial charge in [0.2, 0.25) is 0 Å². The lowest BCUT2D eigenvalue weighted by molar-refractivity contribution is 0.0283. The molecule has 2 atom stereocenters. The smallest absolute Gasteiger partial charge is 0.410 e. The Morgan fingerprint density at radius 1 is 1.21 bits per heavy atom. The third-order valence-electron chi connectivity index (χ3n) is 6.45. The van der Waals surface area contributed by atoms with E-state index in [-0.39, 0.29) is 18.5 Å². The summed E-state index contributed by atoms with van der Waals surface area (Å²) in [5.74, 6) is 0.562. The molecule has 3 aromatic heterocycles. The van der Waals surface area contributed by atoms with Gasteiger partial charge >= 0.3 is 6.09 Å². The monoisotopic (exact) mass is 451 g/mol. The Bertz CT molecular complexity index is 1200.